The maximum Gasteiger partial charge on any atom is 0.254 e. The number of aromatic nitrogens is 4. The Morgan fingerprint density at radius 3 is 2.56 bits per heavy atom. The molecule has 36 heavy (non-hydrogen) atoms. The van der Waals surface area contributed by atoms with Gasteiger partial charge in [0.15, 0.2) is 11.5 Å². The number of anilines is 1. The molecular weight excluding hydrogens is 472 g/mol. The van der Waals surface area contributed by atoms with Crippen molar-refractivity contribution in [1.29, 1.82) is 0 Å². The van der Waals surface area contributed by atoms with Crippen LogP contribution >= 0.6 is 11.6 Å². The standard InChI is InChI=1S/C28H25ClN6O/c1-18-6-5-7-21(16-18)25-31-32-26-23-8-3-4-9-24(23)30-28(35(25)26)33-14-15-34(19(2)17-33)27(36)20-10-12-22(29)13-11-20/h3-13,16,19H,14-15,17H2,1-2H3/t19-/m1/s1. The number of nitrogens with zero attached hydrogens (tertiary/aromatic N) is 6. The monoisotopic (exact) mass is 496 g/mol. The predicted molar refractivity (Wildman–Crippen MR) is 143 cm³/mol. The summed E-state index contributed by atoms with van der Waals surface area (Å²) in [6.07, 6.45) is 0. The number of fused-ring (bicyclic) bond motifs is 3. The van der Waals surface area contributed by atoms with E-state index < -0.39 is 0 Å². The quantitative estimate of drug-likeness (QED) is 0.341. The molecule has 1 saturated heterocycles. The van der Waals surface area contributed by atoms with Crippen LogP contribution in [-0.2, 0) is 0 Å². The van der Waals surface area contributed by atoms with E-state index in [0.29, 0.717) is 30.2 Å². The van der Waals surface area contributed by atoms with Crippen molar-refractivity contribution in [2.24, 2.45) is 0 Å². The fourth-order valence-corrected chi connectivity index (χ4v) is 5.07. The number of rotatable bonds is 3. The lowest BCUT2D eigenvalue weighted by atomic mass is 10.1. The van der Waals surface area contributed by atoms with E-state index >= 15 is 0 Å². The molecular formula is C28H25ClN6O. The SMILES string of the molecule is Cc1cccc(-c2nnc3c4ccccc4nc(N4CCN(C(=O)c5ccc(Cl)cc5)[C@H](C)C4)n23)c1. The summed E-state index contributed by atoms with van der Waals surface area (Å²) in [5.74, 6) is 1.56. The predicted octanol–water partition coefficient (Wildman–Crippen LogP) is 5.26. The summed E-state index contributed by atoms with van der Waals surface area (Å²) < 4.78 is 2.06. The van der Waals surface area contributed by atoms with Crippen LogP contribution in [0.2, 0.25) is 5.02 Å². The zero-order valence-electron chi connectivity index (χ0n) is 20.1. The summed E-state index contributed by atoms with van der Waals surface area (Å²) in [4.78, 5) is 22.4. The molecule has 2 aromatic heterocycles. The zero-order chi connectivity index (χ0) is 24.8. The Bertz CT molecular complexity index is 1600. The van der Waals surface area contributed by atoms with Gasteiger partial charge in [-0.2, -0.15) is 0 Å². The summed E-state index contributed by atoms with van der Waals surface area (Å²) in [7, 11) is 0. The number of para-hydroxylation sites is 1. The van der Waals surface area contributed by atoms with Crippen molar-refractivity contribution in [2.45, 2.75) is 19.9 Å². The van der Waals surface area contributed by atoms with Crippen molar-refractivity contribution >= 4 is 40.0 Å². The van der Waals surface area contributed by atoms with Gasteiger partial charge in [0.25, 0.3) is 5.91 Å². The molecule has 1 aliphatic rings. The lowest BCUT2D eigenvalue weighted by molar-refractivity contribution is 0.0673. The average molecular weight is 497 g/mol. The first-order valence-electron chi connectivity index (χ1n) is 12.0. The van der Waals surface area contributed by atoms with Gasteiger partial charge in [0, 0.05) is 47.2 Å². The van der Waals surface area contributed by atoms with E-state index in [9.17, 15) is 4.79 Å². The first-order chi connectivity index (χ1) is 17.5. The third-order valence-corrected chi connectivity index (χ3v) is 7.02. The van der Waals surface area contributed by atoms with Gasteiger partial charge in [-0.05, 0) is 56.3 Å². The summed E-state index contributed by atoms with van der Waals surface area (Å²) in [6.45, 7) is 6.02. The molecule has 3 aromatic carbocycles. The minimum absolute atomic E-state index is 0.0100. The highest BCUT2D eigenvalue weighted by molar-refractivity contribution is 6.30. The second kappa shape index (κ2) is 8.91. The first-order valence-corrected chi connectivity index (χ1v) is 12.4. The molecule has 0 bridgehead atoms. The molecule has 5 aromatic rings. The van der Waals surface area contributed by atoms with Gasteiger partial charge in [-0.25, -0.2) is 9.38 Å². The van der Waals surface area contributed by atoms with Crippen molar-refractivity contribution in [3.8, 4) is 11.4 Å². The fourth-order valence-electron chi connectivity index (χ4n) is 4.95. The Morgan fingerprint density at radius 2 is 1.78 bits per heavy atom. The topological polar surface area (TPSA) is 66.6 Å². The Labute approximate surface area is 214 Å². The number of hydrogen-bond donors (Lipinski definition) is 0. The maximum absolute atomic E-state index is 13.2. The van der Waals surface area contributed by atoms with Gasteiger partial charge in [0.2, 0.25) is 5.95 Å². The van der Waals surface area contributed by atoms with Crippen LogP contribution in [0.4, 0.5) is 5.95 Å². The summed E-state index contributed by atoms with van der Waals surface area (Å²) >= 11 is 6.01. The minimum atomic E-state index is -0.0100. The first kappa shape index (κ1) is 22.5. The molecule has 0 aliphatic carbocycles. The van der Waals surface area contributed by atoms with Crippen molar-refractivity contribution in [3.63, 3.8) is 0 Å². The Kier molecular flexibility index (Phi) is 5.57. The largest absolute Gasteiger partial charge is 0.338 e. The molecule has 3 heterocycles. The number of amides is 1. The van der Waals surface area contributed by atoms with Crippen LogP contribution in [0, 0.1) is 6.92 Å². The number of carbonyl (C=O) groups is 1. The van der Waals surface area contributed by atoms with Crippen LogP contribution in [0.3, 0.4) is 0 Å². The molecule has 1 fully saturated rings. The number of piperazine rings is 1. The van der Waals surface area contributed by atoms with E-state index in [1.54, 1.807) is 24.3 Å². The minimum Gasteiger partial charge on any atom is -0.338 e. The van der Waals surface area contributed by atoms with Gasteiger partial charge >= 0.3 is 0 Å². The van der Waals surface area contributed by atoms with Gasteiger partial charge in [0.05, 0.1) is 5.52 Å². The zero-order valence-corrected chi connectivity index (χ0v) is 20.9. The second-order valence-electron chi connectivity index (χ2n) is 9.28. The summed E-state index contributed by atoms with van der Waals surface area (Å²) in [6, 6.07) is 23.3. The van der Waals surface area contributed by atoms with Gasteiger partial charge in [-0.15, -0.1) is 10.2 Å². The lowest BCUT2D eigenvalue weighted by Crippen LogP contribution is -2.54. The molecule has 0 unspecified atom stereocenters. The Balaban J connectivity index is 1.41. The maximum atomic E-state index is 13.2. The van der Waals surface area contributed by atoms with Crippen LogP contribution < -0.4 is 4.90 Å². The second-order valence-corrected chi connectivity index (χ2v) is 9.72. The highest BCUT2D eigenvalue weighted by Gasteiger charge is 2.31. The van der Waals surface area contributed by atoms with Crippen molar-refractivity contribution in [2.75, 3.05) is 24.5 Å². The smallest absolute Gasteiger partial charge is 0.254 e. The summed E-state index contributed by atoms with van der Waals surface area (Å²) in [5, 5.41) is 10.8. The Morgan fingerprint density at radius 1 is 0.972 bits per heavy atom. The van der Waals surface area contributed by atoms with E-state index in [4.69, 9.17) is 16.6 Å². The molecule has 7 nitrogen and oxygen atoms in total. The fraction of sp³-hybridized carbons (Fsp3) is 0.214. The molecule has 0 spiro atoms. The average Bonchev–Trinajstić information content (AvgIpc) is 3.34. The van der Waals surface area contributed by atoms with Crippen LogP contribution in [0.25, 0.3) is 27.9 Å². The van der Waals surface area contributed by atoms with Crippen molar-refractivity contribution < 1.29 is 4.79 Å². The highest BCUT2D eigenvalue weighted by Crippen LogP contribution is 2.30. The number of aryl methyl sites for hydroxylation is 1. The van der Waals surface area contributed by atoms with E-state index in [1.807, 2.05) is 41.3 Å². The van der Waals surface area contributed by atoms with E-state index in [0.717, 1.165) is 39.4 Å². The third kappa shape index (κ3) is 3.85. The molecule has 1 atom stereocenters. The van der Waals surface area contributed by atoms with Gasteiger partial charge in [-0.1, -0.05) is 47.5 Å². The molecule has 0 saturated carbocycles. The summed E-state index contributed by atoms with van der Waals surface area (Å²) in [5.41, 5.74) is 4.44. The number of benzene rings is 3. The lowest BCUT2D eigenvalue weighted by Gasteiger charge is -2.40. The van der Waals surface area contributed by atoms with Gasteiger partial charge in [0.1, 0.15) is 0 Å². The van der Waals surface area contributed by atoms with Crippen LogP contribution in [0.5, 0.6) is 0 Å². The highest BCUT2D eigenvalue weighted by atomic mass is 35.5. The van der Waals surface area contributed by atoms with Gasteiger partial charge < -0.3 is 9.80 Å². The molecule has 1 aliphatic heterocycles. The molecule has 0 radical (unpaired) electrons. The van der Waals surface area contributed by atoms with Crippen LogP contribution in [-0.4, -0.2) is 56.1 Å². The van der Waals surface area contributed by atoms with Crippen LogP contribution in [0.15, 0.2) is 72.8 Å². The normalized spacial score (nSPS) is 16.1. The van der Waals surface area contributed by atoms with Crippen molar-refractivity contribution in [3.05, 3.63) is 88.9 Å². The van der Waals surface area contributed by atoms with Crippen LogP contribution in [0.1, 0.15) is 22.8 Å². The van der Waals surface area contributed by atoms with E-state index in [-0.39, 0.29) is 11.9 Å². The Hall–Kier alpha value is -3.97. The molecule has 8 heteroatoms. The molecule has 180 valence electrons. The van der Waals surface area contributed by atoms with E-state index in [1.165, 1.54) is 0 Å². The number of halogens is 1. The van der Waals surface area contributed by atoms with Crippen molar-refractivity contribution in [1.82, 2.24) is 24.5 Å². The van der Waals surface area contributed by atoms with E-state index in [2.05, 4.69) is 45.5 Å². The van der Waals surface area contributed by atoms with Gasteiger partial charge in [-0.3, -0.25) is 4.79 Å². The number of hydrogen-bond acceptors (Lipinski definition) is 5. The molecule has 0 N–H and O–H groups in total. The third-order valence-electron chi connectivity index (χ3n) is 6.77. The molecule has 1 amide bonds. The molecule has 6 rings (SSSR count). The number of carbonyl (C=O) groups excluding carboxylic acids is 1.